The van der Waals surface area contributed by atoms with Crippen LogP contribution in [0, 0.1) is 11.6 Å². The van der Waals surface area contributed by atoms with Crippen molar-refractivity contribution in [2.75, 3.05) is 11.9 Å². The van der Waals surface area contributed by atoms with Crippen LogP contribution in [-0.2, 0) is 11.3 Å². The average Bonchev–Trinajstić information content (AvgIpc) is 2.48. The van der Waals surface area contributed by atoms with Crippen LogP contribution < -0.4 is 10.7 Å². The summed E-state index contributed by atoms with van der Waals surface area (Å²) in [7, 11) is 0. The van der Waals surface area contributed by atoms with Crippen molar-refractivity contribution in [1.82, 2.24) is 4.57 Å². The van der Waals surface area contributed by atoms with Gasteiger partial charge in [0, 0.05) is 18.8 Å². The lowest BCUT2D eigenvalue weighted by Gasteiger charge is -2.15. The first-order chi connectivity index (χ1) is 10.8. The van der Waals surface area contributed by atoms with Crippen LogP contribution in [0.5, 0.6) is 0 Å². The SMILES string of the molecule is CCn1cc(C(=O)O)c(=O)c2c(NCC(C)=O)c(F)c(F)cc21. The molecular weight excluding hydrogens is 310 g/mol. The van der Waals surface area contributed by atoms with Crippen LogP contribution in [0.4, 0.5) is 14.5 Å². The normalized spacial score (nSPS) is 10.8. The Hall–Kier alpha value is -2.77. The molecule has 0 aliphatic rings. The van der Waals surface area contributed by atoms with Gasteiger partial charge in [0.1, 0.15) is 11.3 Å². The Balaban J connectivity index is 2.93. The number of nitrogens with zero attached hydrogens (tertiary/aromatic N) is 1. The van der Waals surface area contributed by atoms with Gasteiger partial charge in [0.05, 0.1) is 23.1 Å². The van der Waals surface area contributed by atoms with Crippen molar-refractivity contribution < 1.29 is 23.5 Å². The minimum atomic E-state index is -1.47. The van der Waals surface area contributed by atoms with Crippen LogP contribution in [-0.4, -0.2) is 28.0 Å². The fourth-order valence-corrected chi connectivity index (χ4v) is 2.28. The lowest BCUT2D eigenvalue weighted by Crippen LogP contribution is -2.22. The summed E-state index contributed by atoms with van der Waals surface area (Å²) in [5.74, 6) is -4.36. The van der Waals surface area contributed by atoms with Gasteiger partial charge in [-0.05, 0) is 13.8 Å². The van der Waals surface area contributed by atoms with E-state index < -0.39 is 34.3 Å². The number of aromatic nitrogens is 1. The predicted octanol–water partition coefficient (Wildman–Crippen LogP) is 2.00. The minimum absolute atomic E-state index is 0.0486. The van der Waals surface area contributed by atoms with E-state index in [0.29, 0.717) is 0 Å². The van der Waals surface area contributed by atoms with E-state index in [9.17, 15) is 23.2 Å². The molecule has 0 atom stereocenters. The molecule has 2 N–H and O–H groups in total. The highest BCUT2D eigenvalue weighted by Gasteiger charge is 2.22. The smallest absolute Gasteiger partial charge is 0.341 e. The number of pyridine rings is 1. The van der Waals surface area contributed by atoms with Gasteiger partial charge in [-0.1, -0.05) is 0 Å². The quantitative estimate of drug-likeness (QED) is 0.878. The summed E-state index contributed by atoms with van der Waals surface area (Å²) in [6.07, 6.45) is 1.08. The number of ketones is 1. The standard InChI is InChI=1S/C15H14F2N2O4/c1-3-19-6-8(15(22)23)14(21)11-10(19)4-9(16)12(17)13(11)18-5-7(2)20/h4,6,18H,3,5H2,1-2H3,(H,22,23). The molecule has 23 heavy (non-hydrogen) atoms. The van der Waals surface area contributed by atoms with E-state index in [0.717, 1.165) is 12.3 Å². The van der Waals surface area contributed by atoms with E-state index in [1.807, 2.05) is 0 Å². The maximum Gasteiger partial charge on any atom is 0.341 e. The van der Waals surface area contributed by atoms with Crippen LogP contribution in [0.25, 0.3) is 10.9 Å². The first kappa shape index (κ1) is 16.6. The number of carboxylic acids is 1. The molecule has 0 saturated heterocycles. The highest BCUT2D eigenvalue weighted by atomic mass is 19.2. The third kappa shape index (κ3) is 2.92. The summed E-state index contributed by atoms with van der Waals surface area (Å²) < 4.78 is 29.2. The van der Waals surface area contributed by atoms with Gasteiger partial charge in [0.25, 0.3) is 0 Å². The van der Waals surface area contributed by atoms with Gasteiger partial charge in [0.2, 0.25) is 5.43 Å². The zero-order chi connectivity index (χ0) is 17.3. The number of carbonyl (C=O) groups excluding carboxylic acids is 1. The number of carbonyl (C=O) groups is 2. The van der Waals surface area contributed by atoms with Crippen molar-refractivity contribution in [3.05, 3.63) is 39.7 Å². The van der Waals surface area contributed by atoms with Gasteiger partial charge in [-0.15, -0.1) is 0 Å². The van der Waals surface area contributed by atoms with Gasteiger partial charge < -0.3 is 15.0 Å². The Labute approximate surface area is 129 Å². The molecule has 0 saturated carbocycles. The number of aryl methyl sites for hydroxylation is 1. The highest BCUT2D eigenvalue weighted by molar-refractivity contribution is 5.98. The van der Waals surface area contributed by atoms with Gasteiger partial charge >= 0.3 is 5.97 Å². The van der Waals surface area contributed by atoms with Crippen molar-refractivity contribution in [2.45, 2.75) is 20.4 Å². The van der Waals surface area contributed by atoms with E-state index in [4.69, 9.17) is 5.11 Å². The van der Waals surface area contributed by atoms with E-state index in [1.54, 1.807) is 6.92 Å². The zero-order valence-corrected chi connectivity index (χ0v) is 12.4. The molecule has 122 valence electrons. The average molecular weight is 324 g/mol. The number of hydrogen-bond donors (Lipinski definition) is 2. The van der Waals surface area contributed by atoms with Crippen LogP contribution in [0.2, 0.25) is 0 Å². The van der Waals surface area contributed by atoms with Crippen LogP contribution >= 0.6 is 0 Å². The second kappa shape index (κ2) is 6.15. The predicted molar refractivity (Wildman–Crippen MR) is 79.9 cm³/mol. The molecule has 0 fully saturated rings. The Morgan fingerprint density at radius 2 is 2.00 bits per heavy atom. The summed E-state index contributed by atoms with van der Waals surface area (Å²) in [5.41, 5.74) is -1.96. The summed E-state index contributed by atoms with van der Waals surface area (Å²) >= 11 is 0. The lowest BCUT2D eigenvalue weighted by atomic mass is 10.1. The fourth-order valence-electron chi connectivity index (χ4n) is 2.28. The number of halogens is 2. The third-order valence-electron chi connectivity index (χ3n) is 3.35. The summed E-state index contributed by atoms with van der Waals surface area (Å²) in [6, 6.07) is 0.833. The molecule has 0 spiro atoms. The summed E-state index contributed by atoms with van der Waals surface area (Å²) in [4.78, 5) is 34.6. The molecule has 8 heteroatoms. The van der Waals surface area contributed by atoms with Gasteiger partial charge in [-0.3, -0.25) is 9.59 Å². The molecule has 0 amide bonds. The Bertz CT molecular complexity index is 874. The number of fused-ring (bicyclic) bond motifs is 1. The number of nitrogens with one attached hydrogen (secondary N) is 1. The number of benzene rings is 1. The van der Waals surface area contributed by atoms with Crippen LogP contribution in [0.1, 0.15) is 24.2 Å². The molecule has 0 aliphatic heterocycles. The molecule has 0 unspecified atom stereocenters. The van der Waals surface area contributed by atoms with Crippen molar-refractivity contribution in [2.24, 2.45) is 0 Å². The number of hydrogen-bond acceptors (Lipinski definition) is 4. The molecule has 6 nitrogen and oxygen atoms in total. The number of carboxylic acid groups (broad SMARTS) is 1. The first-order valence-electron chi connectivity index (χ1n) is 6.79. The molecule has 0 radical (unpaired) electrons. The molecule has 1 aromatic heterocycles. The molecular formula is C15H14F2N2O4. The number of rotatable bonds is 5. The second-order valence-electron chi connectivity index (χ2n) is 4.96. The topological polar surface area (TPSA) is 88.4 Å². The molecule has 1 aromatic carbocycles. The van der Waals surface area contributed by atoms with Crippen LogP contribution in [0.15, 0.2) is 17.1 Å². The van der Waals surface area contributed by atoms with E-state index in [-0.39, 0.29) is 29.8 Å². The lowest BCUT2D eigenvalue weighted by molar-refractivity contribution is -0.115. The van der Waals surface area contributed by atoms with Crippen molar-refractivity contribution in [3.8, 4) is 0 Å². The fraction of sp³-hybridized carbons (Fsp3) is 0.267. The Kier molecular flexibility index (Phi) is 4.44. The summed E-state index contributed by atoms with van der Waals surface area (Å²) in [6.45, 7) is 2.82. The first-order valence-corrected chi connectivity index (χ1v) is 6.79. The third-order valence-corrected chi connectivity index (χ3v) is 3.35. The molecule has 1 heterocycles. The highest BCUT2D eigenvalue weighted by Crippen LogP contribution is 2.27. The number of Topliss-reactive ketones (excluding diaryl/α,β-unsaturated/α-hetero) is 1. The van der Waals surface area contributed by atoms with E-state index in [1.165, 1.54) is 11.5 Å². The number of aromatic carboxylic acids is 1. The molecule has 0 aliphatic carbocycles. The molecule has 2 rings (SSSR count). The minimum Gasteiger partial charge on any atom is -0.477 e. The van der Waals surface area contributed by atoms with Crippen molar-refractivity contribution in [1.29, 1.82) is 0 Å². The molecule has 0 bridgehead atoms. The zero-order valence-electron chi connectivity index (χ0n) is 12.4. The largest absolute Gasteiger partial charge is 0.477 e. The maximum atomic E-state index is 14.1. The maximum absolute atomic E-state index is 14.1. The second-order valence-corrected chi connectivity index (χ2v) is 4.96. The van der Waals surface area contributed by atoms with Crippen LogP contribution in [0.3, 0.4) is 0 Å². The monoisotopic (exact) mass is 324 g/mol. The summed E-state index contributed by atoms with van der Waals surface area (Å²) in [5, 5.41) is 11.2. The van der Waals surface area contributed by atoms with Crippen molar-refractivity contribution in [3.63, 3.8) is 0 Å². The van der Waals surface area contributed by atoms with Gasteiger partial charge in [0.15, 0.2) is 11.6 Å². The van der Waals surface area contributed by atoms with Crippen molar-refractivity contribution >= 4 is 28.3 Å². The number of anilines is 1. The molecule has 2 aromatic rings. The van der Waals surface area contributed by atoms with E-state index in [2.05, 4.69) is 5.32 Å². The van der Waals surface area contributed by atoms with Gasteiger partial charge in [-0.2, -0.15) is 0 Å². The van der Waals surface area contributed by atoms with E-state index >= 15 is 0 Å². The Morgan fingerprint density at radius 1 is 1.35 bits per heavy atom. The Morgan fingerprint density at radius 3 is 2.52 bits per heavy atom. The van der Waals surface area contributed by atoms with Gasteiger partial charge in [-0.25, -0.2) is 13.6 Å².